The quantitative estimate of drug-likeness (QED) is 0.590. The van der Waals surface area contributed by atoms with Crippen molar-refractivity contribution in [3.05, 3.63) is 42.0 Å². The van der Waals surface area contributed by atoms with Crippen molar-refractivity contribution in [2.75, 3.05) is 12.4 Å². The number of hydrogen-bond acceptors (Lipinski definition) is 2. The zero-order chi connectivity index (χ0) is 11.3. The van der Waals surface area contributed by atoms with E-state index in [0.717, 1.165) is 11.3 Å². The number of hydrogen-bond donors (Lipinski definition) is 1. The lowest BCUT2D eigenvalue weighted by atomic mass is 10.0. The van der Waals surface area contributed by atoms with Crippen molar-refractivity contribution in [3.63, 3.8) is 0 Å². The van der Waals surface area contributed by atoms with Crippen LogP contribution in [-0.4, -0.2) is 12.4 Å². The molecule has 1 nitrogen and oxygen atoms in total. The highest BCUT2D eigenvalue weighted by Gasteiger charge is 2.06. The molecule has 0 unspecified atom stereocenters. The minimum atomic E-state index is 0.477. The van der Waals surface area contributed by atoms with Crippen molar-refractivity contribution in [1.29, 1.82) is 0 Å². The molecule has 0 saturated heterocycles. The number of benzene rings is 1. The van der Waals surface area contributed by atoms with Gasteiger partial charge in [-0.3, -0.25) is 0 Å². The first-order valence-corrected chi connectivity index (χ1v) is 5.77. The maximum Gasteiger partial charge on any atom is 0.123 e. The van der Waals surface area contributed by atoms with Gasteiger partial charge in [0.25, 0.3) is 0 Å². The normalized spacial score (nSPS) is 10.4. The smallest absolute Gasteiger partial charge is 0.123 e. The van der Waals surface area contributed by atoms with E-state index in [9.17, 15) is 0 Å². The molecule has 15 heavy (non-hydrogen) atoms. The molecule has 2 heteroatoms. The number of rotatable bonds is 5. The monoisotopic (exact) mass is 222 g/mol. The molecule has 0 fully saturated rings. The van der Waals surface area contributed by atoms with E-state index in [2.05, 4.69) is 39.1 Å². The Labute approximate surface area is 97.6 Å². The van der Waals surface area contributed by atoms with E-state index in [1.165, 1.54) is 5.56 Å². The third-order valence-corrected chi connectivity index (χ3v) is 2.64. The largest absolute Gasteiger partial charge is 0.489 e. The first-order valence-electron chi connectivity index (χ1n) is 5.14. The molecular formula is C13H18OS. The third-order valence-electron chi connectivity index (χ3n) is 2.20. The molecule has 0 N–H and O–H groups in total. The summed E-state index contributed by atoms with van der Waals surface area (Å²) >= 11 is 4.15. The van der Waals surface area contributed by atoms with E-state index in [1.54, 1.807) is 0 Å². The molecule has 0 heterocycles. The Balaban J connectivity index is 2.71. The van der Waals surface area contributed by atoms with Crippen LogP contribution in [0.25, 0.3) is 0 Å². The summed E-state index contributed by atoms with van der Waals surface area (Å²) in [6.45, 7) is 8.73. The fraction of sp³-hybridized carbons (Fsp3) is 0.385. The average molecular weight is 222 g/mol. The summed E-state index contributed by atoms with van der Waals surface area (Å²) in [5, 5.41) is 0. The first-order chi connectivity index (χ1) is 7.15. The Bertz CT molecular complexity index is 331. The minimum absolute atomic E-state index is 0.477. The summed E-state index contributed by atoms with van der Waals surface area (Å²) in [7, 11) is 0. The second-order valence-corrected chi connectivity index (χ2v) is 4.21. The van der Waals surface area contributed by atoms with Gasteiger partial charge in [0.2, 0.25) is 0 Å². The van der Waals surface area contributed by atoms with Crippen LogP contribution in [0, 0.1) is 0 Å². The number of thiol groups is 1. The molecule has 0 atom stereocenters. The van der Waals surface area contributed by atoms with Crippen LogP contribution in [0.5, 0.6) is 5.75 Å². The zero-order valence-electron chi connectivity index (χ0n) is 9.36. The summed E-state index contributed by atoms with van der Waals surface area (Å²) in [4.78, 5) is 0. The predicted molar refractivity (Wildman–Crippen MR) is 69.0 cm³/mol. The molecule has 0 aliphatic carbocycles. The lowest BCUT2D eigenvalue weighted by Crippen LogP contribution is -2.03. The Hall–Kier alpha value is -0.890. The third kappa shape index (κ3) is 3.63. The van der Waals surface area contributed by atoms with Gasteiger partial charge in [0.15, 0.2) is 0 Å². The SMILES string of the molecule is C=C(CS)COc1ccccc1C(C)C. The Kier molecular flexibility index (Phi) is 4.76. The Morgan fingerprint density at radius 1 is 1.40 bits per heavy atom. The molecule has 0 aliphatic rings. The first kappa shape index (κ1) is 12.2. The minimum Gasteiger partial charge on any atom is -0.489 e. The van der Waals surface area contributed by atoms with Crippen LogP contribution in [0.1, 0.15) is 25.3 Å². The topological polar surface area (TPSA) is 9.23 Å². The molecule has 0 radical (unpaired) electrons. The highest BCUT2D eigenvalue weighted by molar-refractivity contribution is 7.80. The molecule has 0 bridgehead atoms. The van der Waals surface area contributed by atoms with Crippen LogP contribution in [0.4, 0.5) is 0 Å². The molecule has 0 aromatic heterocycles. The van der Waals surface area contributed by atoms with E-state index in [-0.39, 0.29) is 0 Å². The fourth-order valence-electron chi connectivity index (χ4n) is 1.31. The summed E-state index contributed by atoms with van der Waals surface area (Å²) < 4.78 is 5.70. The number of ether oxygens (including phenoxy) is 1. The highest BCUT2D eigenvalue weighted by atomic mass is 32.1. The van der Waals surface area contributed by atoms with Crippen LogP contribution >= 0.6 is 12.6 Å². The van der Waals surface area contributed by atoms with Gasteiger partial charge in [-0.2, -0.15) is 12.6 Å². The van der Waals surface area contributed by atoms with Crippen molar-refractivity contribution < 1.29 is 4.74 Å². The molecule has 1 aromatic rings. The van der Waals surface area contributed by atoms with Gasteiger partial charge in [-0.1, -0.05) is 38.6 Å². The van der Waals surface area contributed by atoms with Crippen LogP contribution < -0.4 is 4.74 Å². The Morgan fingerprint density at radius 3 is 2.67 bits per heavy atom. The molecular weight excluding hydrogens is 204 g/mol. The summed E-state index contributed by atoms with van der Waals surface area (Å²) in [5.74, 6) is 2.10. The summed E-state index contributed by atoms with van der Waals surface area (Å²) in [6.07, 6.45) is 0. The molecule has 0 amide bonds. The van der Waals surface area contributed by atoms with Gasteiger partial charge in [-0.05, 0) is 23.1 Å². The van der Waals surface area contributed by atoms with Gasteiger partial charge < -0.3 is 4.74 Å². The second-order valence-electron chi connectivity index (χ2n) is 3.89. The van der Waals surface area contributed by atoms with Crippen LogP contribution in [0.15, 0.2) is 36.4 Å². The van der Waals surface area contributed by atoms with Crippen molar-refractivity contribution in [1.82, 2.24) is 0 Å². The van der Waals surface area contributed by atoms with Crippen LogP contribution in [-0.2, 0) is 0 Å². The summed E-state index contributed by atoms with van der Waals surface area (Å²) in [5.41, 5.74) is 2.24. The van der Waals surface area contributed by atoms with E-state index >= 15 is 0 Å². The van der Waals surface area contributed by atoms with Gasteiger partial charge in [0.1, 0.15) is 12.4 Å². The number of para-hydroxylation sites is 1. The average Bonchev–Trinajstić information content (AvgIpc) is 2.26. The maximum atomic E-state index is 5.70. The summed E-state index contributed by atoms with van der Waals surface area (Å²) in [6, 6.07) is 8.13. The van der Waals surface area contributed by atoms with Gasteiger partial charge in [-0.25, -0.2) is 0 Å². The van der Waals surface area contributed by atoms with E-state index in [4.69, 9.17) is 4.74 Å². The Morgan fingerprint density at radius 2 is 2.07 bits per heavy atom. The van der Waals surface area contributed by atoms with Crippen molar-refractivity contribution in [3.8, 4) is 5.75 Å². The molecule has 1 rings (SSSR count). The molecule has 1 aromatic carbocycles. The molecule has 82 valence electrons. The second kappa shape index (κ2) is 5.86. The van der Waals surface area contributed by atoms with Gasteiger partial charge in [0.05, 0.1) is 0 Å². The molecule has 0 saturated carbocycles. The lowest BCUT2D eigenvalue weighted by Gasteiger charge is -2.14. The van der Waals surface area contributed by atoms with E-state index < -0.39 is 0 Å². The van der Waals surface area contributed by atoms with E-state index in [1.807, 2.05) is 18.2 Å². The molecule has 0 aliphatic heterocycles. The zero-order valence-corrected chi connectivity index (χ0v) is 10.3. The van der Waals surface area contributed by atoms with Crippen LogP contribution in [0.3, 0.4) is 0 Å². The van der Waals surface area contributed by atoms with Gasteiger partial charge in [0, 0.05) is 5.75 Å². The van der Waals surface area contributed by atoms with Gasteiger partial charge in [-0.15, -0.1) is 0 Å². The van der Waals surface area contributed by atoms with Crippen molar-refractivity contribution in [2.45, 2.75) is 19.8 Å². The van der Waals surface area contributed by atoms with Gasteiger partial charge >= 0.3 is 0 Å². The van der Waals surface area contributed by atoms with Crippen molar-refractivity contribution >= 4 is 12.6 Å². The highest BCUT2D eigenvalue weighted by Crippen LogP contribution is 2.26. The van der Waals surface area contributed by atoms with Crippen molar-refractivity contribution in [2.24, 2.45) is 0 Å². The van der Waals surface area contributed by atoms with Crippen LogP contribution in [0.2, 0.25) is 0 Å². The van der Waals surface area contributed by atoms with E-state index in [0.29, 0.717) is 18.3 Å². The predicted octanol–water partition coefficient (Wildman–Crippen LogP) is 3.67. The lowest BCUT2D eigenvalue weighted by molar-refractivity contribution is 0.348. The fourth-order valence-corrected chi connectivity index (χ4v) is 1.41. The standard InChI is InChI=1S/C13H18OS/c1-10(2)12-6-4-5-7-13(12)14-8-11(3)9-15/h4-7,10,15H,3,8-9H2,1-2H3. The maximum absolute atomic E-state index is 5.70. The molecule has 0 spiro atoms.